The molecule has 1 aromatic heterocycles. The molecular weight excluding hydrogens is 278 g/mol. The molecule has 0 aliphatic heterocycles. The molecule has 0 aliphatic rings. The minimum Gasteiger partial charge on any atom is -0.497 e. The van der Waals surface area contributed by atoms with Gasteiger partial charge < -0.3 is 14.6 Å². The van der Waals surface area contributed by atoms with E-state index >= 15 is 0 Å². The number of methoxy groups -OCH3 is 1. The van der Waals surface area contributed by atoms with Crippen molar-refractivity contribution < 1.29 is 9.53 Å². The number of rotatable bonds is 5. The minimum atomic E-state index is -0.336. The maximum absolute atomic E-state index is 11.9. The molecule has 0 aliphatic carbocycles. The van der Waals surface area contributed by atoms with Gasteiger partial charge in [-0.1, -0.05) is 0 Å². The lowest BCUT2D eigenvalue weighted by Crippen LogP contribution is -2.28. The van der Waals surface area contributed by atoms with Gasteiger partial charge in [0, 0.05) is 25.4 Å². The van der Waals surface area contributed by atoms with E-state index in [1.54, 1.807) is 14.2 Å². The molecule has 1 N–H and O–H groups in total. The van der Waals surface area contributed by atoms with Crippen molar-refractivity contribution in [3.63, 3.8) is 0 Å². The molecule has 20 heavy (non-hydrogen) atoms. The van der Waals surface area contributed by atoms with Gasteiger partial charge in [-0.2, -0.15) is 0 Å². The number of halogens is 1. The van der Waals surface area contributed by atoms with Crippen molar-refractivity contribution in [1.82, 2.24) is 14.9 Å². The van der Waals surface area contributed by atoms with Crippen LogP contribution in [-0.2, 0) is 11.2 Å². The molecule has 0 saturated carbocycles. The van der Waals surface area contributed by atoms with Crippen molar-refractivity contribution in [2.24, 2.45) is 0 Å². The molecule has 1 amide bonds. The number of carbonyl (C=O) groups is 1. The molecule has 108 valence electrons. The third-order valence-corrected chi connectivity index (χ3v) is 3.49. The van der Waals surface area contributed by atoms with Gasteiger partial charge >= 0.3 is 0 Å². The topological polar surface area (TPSA) is 56.2 Å². The van der Waals surface area contributed by atoms with Crippen molar-refractivity contribution in [3.05, 3.63) is 24.0 Å². The molecule has 6 heteroatoms. The summed E-state index contributed by atoms with van der Waals surface area (Å²) in [4.78, 5) is 16.5. The van der Waals surface area contributed by atoms with Crippen molar-refractivity contribution in [2.45, 2.75) is 19.4 Å². The molecule has 1 heterocycles. The van der Waals surface area contributed by atoms with E-state index in [-0.39, 0.29) is 11.9 Å². The standard InChI is InChI=1S/C14H18ClN3O2/c1-9(14(19)16-2)18-12-5-4-10(20-3)8-11(12)17-13(18)6-7-15/h4-5,8-9H,6-7H2,1-3H3,(H,16,19). The third-order valence-electron chi connectivity index (χ3n) is 3.30. The summed E-state index contributed by atoms with van der Waals surface area (Å²) in [6, 6.07) is 5.30. The van der Waals surface area contributed by atoms with Gasteiger partial charge in [-0.25, -0.2) is 4.98 Å². The average molecular weight is 296 g/mol. The van der Waals surface area contributed by atoms with Crippen LogP contribution in [0.3, 0.4) is 0 Å². The number of nitrogens with one attached hydrogen (secondary N) is 1. The Labute approximate surface area is 122 Å². The highest BCUT2D eigenvalue weighted by atomic mass is 35.5. The van der Waals surface area contributed by atoms with Crippen molar-refractivity contribution >= 4 is 28.5 Å². The molecule has 1 aromatic carbocycles. The summed E-state index contributed by atoms with van der Waals surface area (Å²) in [5.74, 6) is 1.95. The van der Waals surface area contributed by atoms with E-state index in [2.05, 4.69) is 10.3 Å². The Hall–Kier alpha value is -1.75. The van der Waals surface area contributed by atoms with Crippen LogP contribution in [0.4, 0.5) is 0 Å². The van der Waals surface area contributed by atoms with Crippen LogP contribution in [0.25, 0.3) is 11.0 Å². The van der Waals surface area contributed by atoms with Crippen LogP contribution in [0.2, 0.25) is 0 Å². The predicted molar refractivity (Wildman–Crippen MR) is 79.5 cm³/mol. The first-order valence-electron chi connectivity index (χ1n) is 6.44. The summed E-state index contributed by atoms with van der Waals surface area (Å²) in [5.41, 5.74) is 1.71. The quantitative estimate of drug-likeness (QED) is 0.860. The fourth-order valence-electron chi connectivity index (χ4n) is 2.27. The Morgan fingerprint density at radius 1 is 1.55 bits per heavy atom. The van der Waals surface area contributed by atoms with E-state index in [1.807, 2.05) is 29.7 Å². The molecule has 0 saturated heterocycles. The zero-order valence-electron chi connectivity index (χ0n) is 11.8. The van der Waals surface area contributed by atoms with Crippen LogP contribution in [-0.4, -0.2) is 35.5 Å². The predicted octanol–water partition coefficient (Wildman–Crippen LogP) is 2.13. The first kappa shape index (κ1) is 14.7. The summed E-state index contributed by atoms with van der Waals surface area (Å²) in [6.45, 7) is 1.85. The Morgan fingerprint density at radius 3 is 2.90 bits per heavy atom. The van der Waals surface area contributed by atoms with Gasteiger partial charge in [-0.15, -0.1) is 11.6 Å². The molecule has 1 atom stereocenters. The highest BCUT2D eigenvalue weighted by Crippen LogP contribution is 2.25. The first-order valence-corrected chi connectivity index (χ1v) is 6.98. The zero-order valence-corrected chi connectivity index (χ0v) is 12.6. The first-order chi connectivity index (χ1) is 9.62. The Bertz CT molecular complexity index is 624. The maximum Gasteiger partial charge on any atom is 0.242 e. The van der Waals surface area contributed by atoms with Gasteiger partial charge in [0.05, 0.1) is 18.1 Å². The van der Waals surface area contributed by atoms with E-state index < -0.39 is 0 Å². The summed E-state index contributed by atoms with van der Waals surface area (Å²) in [7, 11) is 3.24. The lowest BCUT2D eigenvalue weighted by atomic mass is 10.2. The molecule has 1 unspecified atom stereocenters. The number of hydrogen-bond acceptors (Lipinski definition) is 3. The van der Waals surface area contributed by atoms with Gasteiger partial charge in [0.15, 0.2) is 0 Å². The zero-order chi connectivity index (χ0) is 14.7. The monoisotopic (exact) mass is 295 g/mol. The molecule has 0 radical (unpaired) electrons. The molecular formula is C14H18ClN3O2. The molecule has 0 fully saturated rings. The Balaban J connectivity index is 2.59. The number of likely N-dealkylation sites (N-methyl/N-ethyl adjacent to an activating group) is 1. The molecule has 0 spiro atoms. The number of nitrogens with zero attached hydrogens (tertiary/aromatic N) is 2. The van der Waals surface area contributed by atoms with Gasteiger partial charge in [-0.3, -0.25) is 4.79 Å². The number of carbonyl (C=O) groups excluding carboxylic acids is 1. The molecule has 5 nitrogen and oxygen atoms in total. The Kier molecular flexibility index (Phi) is 4.49. The van der Waals surface area contributed by atoms with Crippen LogP contribution >= 0.6 is 11.6 Å². The lowest BCUT2D eigenvalue weighted by Gasteiger charge is -2.16. The van der Waals surface area contributed by atoms with Gasteiger partial charge in [0.25, 0.3) is 0 Å². The second-order valence-electron chi connectivity index (χ2n) is 4.48. The fraction of sp³-hybridized carbons (Fsp3) is 0.429. The SMILES string of the molecule is CNC(=O)C(C)n1c(CCCl)nc2cc(OC)ccc21. The number of fused-ring (bicyclic) bond motifs is 1. The summed E-state index contributed by atoms with van der Waals surface area (Å²) in [5, 5.41) is 2.66. The number of aryl methyl sites for hydroxylation is 1. The normalized spacial score (nSPS) is 12.4. The fourth-order valence-corrected chi connectivity index (χ4v) is 2.44. The van der Waals surface area contributed by atoms with Crippen LogP contribution in [0.5, 0.6) is 5.75 Å². The Morgan fingerprint density at radius 2 is 2.30 bits per heavy atom. The number of ether oxygens (including phenoxy) is 1. The second-order valence-corrected chi connectivity index (χ2v) is 4.86. The highest BCUT2D eigenvalue weighted by Gasteiger charge is 2.20. The van der Waals surface area contributed by atoms with Gasteiger partial charge in [0.2, 0.25) is 5.91 Å². The van der Waals surface area contributed by atoms with Crippen molar-refractivity contribution in [2.75, 3.05) is 20.0 Å². The molecule has 2 rings (SSSR count). The second kappa shape index (κ2) is 6.13. The number of alkyl halides is 1. The molecule has 0 bridgehead atoms. The smallest absolute Gasteiger partial charge is 0.242 e. The maximum atomic E-state index is 11.9. The van der Waals surface area contributed by atoms with Gasteiger partial charge in [-0.05, 0) is 19.1 Å². The van der Waals surface area contributed by atoms with E-state index in [0.29, 0.717) is 12.3 Å². The van der Waals surface area contributed by atoms with Gasteiger partial charge in [0.1, 0.15) is 17.6 Å². The number of aromatic nitrogens is 2. The third kappa shape index (κ3) is 2.58. The summed E-state index contributed by atoms with van der Waals surface area (Å²) < 4.78 is 7.13. The van der Waals surface area contributed by atoms with Crippen LogP contribution in [0.15, 0.2) is 18.2 Å². The van der Waals surface area contributed by atoms with Crippen LogP contribution in [0.1, 0.15) is 18.8 Å². The highest BCUT2D eigenvalue weighted by molar-refractivity contribution is 6.17. The van der Waals surface area contributed by atoms with E-state index in [4.69, 9.17) is 16.3 Å². The summed E-state index contributed by atoms with van der Waals surface area (Å²) >= 11 is 5.83. The van der Waals surface area contributed by atoms with Crippen molar-refractivity contribution in [3.8, 4) is 5.75 Å². The number of amides is 1. The molecule has 2 aromatic rings. The van der Waals surface area contributed by atoms with Crippen LogP contribution in [0, 0.1) is 0 Å². The lowest BCUT2D eigenvalue weighted by molar-refractivity contribution is -0.123. The van der Waals surface area contributed by atoms with E-state index in [1.165, 1.54) is 0 Å². The number of hydrogen-bond donors (Lipinski definition) is 1. The minimum absolute atomic E-state index is 0.0593. The van der Waals surface area contributed by atoms with E-state index in [9.17, 15) is 4.79 Å². The van der Waals surface area contributed by atoms with Crippen LogP contribution < -0.4 is 10.1 Å². The van der Waals surface area contributed by atoms with Crippen molar-refractivity contribution in [1.29, 1.82) is 0 Å². The largest absolute Gasteiger partial charge is 0.497 e. The van der Waals surface area contributed by atoms with E-state index in [0.717, 1.165) is 22.6 Å². The average Bonchev–Trinajstić information content (AvgIpc) is 2.82. The number of imidazole rings is 1. The number of benzene rings is 1. The summed E-state index contributed by atoms with van der Waals surface area (Å²) in [6.07, 6.45) is 0.611.